The Morgan fingerprint density at radius 2 is 1.93 bits per heavy atom. The van der Waals surface area contributed by atoms with Crippen LogP contribution >= 0.6 is 0 Å². The minimum absolute atomic E-state index is 0.00353. The standard InChI is InChI=1S/C22H28N4O2/c27-22(20-13-19(25-28-20)16-6-7-16)26-10-8-17(9-11-26)21-18(14-23-24-21)12-15-4-2-1-3-5-15/h1-5,13,16-18,21,23-24H,6-12,14H2. The molecule has 0 radical (unpaired) electrons. The lowest BCUT2D eigenvalue weighted by Gasteiger charge is -2.36. The number of nitrogens with one attached hydrogen (secondary N) is 2. The van der Waals surface area contributed by atoms with Crippen LogP contribution in [0.5, 0.6) is 0 Å². The van der Waals surface area contributed by atoms with Gasteiger partial charge in [0.2, 0.25) is 5.76 Å². The van der Waals surface area contributed by atoms with Gasteiger partial charge in [-0.3, -0.25) is 15.6 Å². The summed E-state index contributed by atoms with van der Waals surface area (Å²) in [5.74, 6) is 2.09. The third-order valence-electron chi connectivity index (χ3n) is 6.55. The number of hydrazine groups is 1. The van der Waals surface area contributed by atoms with Crippen LogP contribution in [0.25, 0.3) is 0 Å². The van der Waals surface area contributed by atoms with E-state index in [1.807, 2.05) is 11.0 Å². The molecule has 0 spiro atoms. The fraction of sp³-hybridized carbons (Fsp3) is 0.545. The molecule has 0 bridgehead atoms. The van der Waals surface area contributed by atoms with Crippen molar-refractivity contribution in [1.29, 1.82) is 0 Å². The van der Waals surface area contributed by atoms with E-state index in [9.17, 15) is 4.79 Å². The molecule has 3 fully saturated rings. The summed E-state index contributed by atoms with van der Waals surface area (Å²) in [4.78, 5) is 14.7. The van der Waals surface area contributed by atoms with Crippen molar-refractivity contribution in [1.82, 2.24) is 20.9 Å². The van der Waals surface area contributed by atoms with Gasteiger partial charge in [-0.1, -0.05) is 35.5 Å². The summed E-state index contributed by atoms with van der Waals surface area (Å²) in [5.41, 5.74) is 9.22. The molecule has 2 unspecified atom stereocenters. The van der Waals surface area contributed by atoms with Gasteiger partial charge in [0.25, 0.3) is 5.91 Å². The Bertz CT molecular complexity index is 809. The molecular formula is C22H28N4O2. The zero-order chi connectivity index (χ0) is 18.9. The molecule has 1 amide bonds. The maximum atomic E-state index is 12.8. The zero-order valence-electron chi connectivity index (χ0n) is 16.1. The van der Waals surface area contributed by atoms with Crippen LogP contribution in [-0.2, 0) is 6.42 Å². The number of likely N-dealkylation sites (tertiary alicyclic amines) is 1. The van der Waals surface area contributed by atoms with Crippen LogP contribution in [0.15, 0.2) is 40.9 Å². The maximum Gasteiger partial charge on any atom is 0.292 e. The minimum atomic E-state index is -0.00353. The van der Waals surface area contributed by atoms with Gasteiger partial charge >= 0.3 is 0 Å². The van der Waals surface area contributed by atoms with Crippen molar-refractivity contribution < 1.29 is 9.32 Å². The Balaban J connectivity index is 1.17. The van der Waals surface area contributed by atoms with Gasteiger partial charge in [0.05, 0.1) is 5.69 Å². The molecule has 2 aromatic rings. The van der Waals surface area contributed by atoms with Crippen LogP contribution in [0.2, 0.25) is 0 Å². The Hall–Kier alpha value is -2.18. The summed E-state index contributed by atoms with van der Waals surface area (Å²) in [6.45, 7) is 2.58. The third-order valence-corrected chi connectivity index (χ3v) is 6.55. The molecule has 6 heteroatoms. The minimum Gasteiger partial charge on any atom is -0.351 e. The van der Waals surface area contributed by atoms with E-state index >= 15 is 0 Å². The maximum absolute atomic E-state index is 12.8. The molecule has 28 heavy (non-hydrogen) atoms. The quantitative estimate of drug-likeness (QED) is 0.835. The lowest BCUT2D eigenvalue weighted by Crippen LogP contribution is -2.46. The van der Waals surface area contributed by atoms with Crippen molar-refractivity contribution in [3.8, 4) is 0 Å². The van der Waals surface area contributed by atoms with Gasteiger partial charge in [-0.15, -0.1) is 0 Å². The third kappa shape index (κ3) is 3.71. The Kier molecular flexibility index (Phi) is 4.91. The van der Waals surface area contributed by atoms with E-state index in [0.717, 1.165) is 57.4 Å². The van der Waals surface area contributed by atoms with Gasteiger partial charge in [-0.2, -0.15) is 0 Å². The molecule has 2 N–H and O–H groups in total. The van der Waals surface area contributed by atoms with E-state index in [2.05, 4.69) is 46.3 Å². The number of rotatable bonds is 5. The van der Waals surface area contributed by atoms with Crippen molar-refractivity contribution in [2.75, 3.05) is 19.6 Å². The second-order valence-electron chi connectivity index (χ2n) is 8.52. The molecule has 3 aliphatic rings. The molecule has 5 rings (SSSR count). The number of carbonyl (C=O) groups excluding carboxylic acids is 1. The first-order valence-electron chi connectivity index (χ1n) is 10.6. The van der Waals surface area contributed by atoms with E-state index < -0.39 is 0 Å². The topological polar surface area (TPSA) is 70.4 Å². The second-order valence-corrected chi connectivity index (χ2v) is 8.52. The molecule has 1 saturated carbocycles. The number of amides is 1. The van der Waals surface area contributed by atoms with Gasteiger partial charge in [0, 0.05) is 37.7 Å². The molecule has 2 atom stereocenters. The van der Waals surface area contributed by atoms with Crippen LogP contribution in [-0.4, -0.2) is 41.6 Å². The second kappa shape index (κ2) is 7.68. The average molecular weight is 380 g/mol. The van der Waals surface area contributed by atoms with Crippen LogP contribution in [0.1, 0.15) is 53.4 Å². The first-order valence-corrected chi connectivity index (χ1v) is 10.6. The monoisotopic (exact) mass is 380 g/mol. The molecule has 2 aliphatic heterocycles. The number of nitrogens with zero attached hydrogens (tertiary/aromatic N) is 2. The highest BCUT2D eigenvalue weighted by Gasteiger charge is 2.37. The van der Waals surface area contributed by atoms with Gasteiger partial charge < -0.3 is 9.42 Å². The number of piperidine rings is 1. The van der Waals surface area contributed by atoms with Crippen LogP contribution in [0.3, 0.4) is 0 Å². The molecule has 1 aliphatic carbocycles. The van der Waals surface area contributed by atoms with E-state index in [1.165, 1.54) is 5.56 Å². The number of benzene rings is 1. The van der Waals surface area contributed by atoms with Crippen molar-refractivity contribution in [3.05, 3.63) is 53.4 Å². The highest BCUT2D eigenvalue weighted by atomic mass is 16.5. The predicted molar refractivity (Wildman–Crippen MR) is 106 cm³/mol. The van der Waals surface area contributed by atoms with E-state index in [-0.39, 0.29) is 5.91 Å². The van der Waals surface area contributed by atoms with Crippen LogP contribution < -0.4 is 10.9 Å². The lowest BCUT2D eigenvalue weighted by molar-refractivity contribution is 0.0622. The van der Waals surface area contributed by atoms with Gasteiger partial charge in [0.1, 0.15) is 0 Å². The zero-order valence-corrected chi connectivity index (χ0v) is 16.1. The predicted octanol–water partition coefficient (Wildman–Crippen LogP) is 2.74. The summed E-state index contributed by atoms with van der Waals surface area (Å²) in [7, 11) is 0. The van der Waals surface area contributed by atoms with Crippen molar-refractivity contribution in [2.45, 2.75) is 44.1 Å². The highest BCUT2D eigenvalue weighted by Crippen LogP contribution is 2.39. The summed E-state index contributed by atoms with van der Waals surface area (Å²) >= 11 is 0. The van der Waals surface area contributed by atoms with E-state index in [0.29, 0.717) is 29.6 Å². The number of aromatic nitrogens is 1. The van der Waals surface area contributed by atoms with Crippen LogP contribution in [0.4, 0.5) is 0 Å². The Labute approximate surface area is 165 Å². The summed E-state index contributed by atoms with van der Waals surface area (Å²) in [6.07, 6.45) is 5.48. The number of hydrogen-bond acceptors (Lipinski definition) is 5. The Morgan fingerprint density at radius 3 is 2.68 bits per heavy atom. The SMILES string of the molecule is O=C(c1cc(C2CC2)no1)N1CCC(C2NNCC2Cc2ccccc2)CC1. The smallest absolute Gasteiger partial charge is 0.292 e. The van der Waals surface area contributed by atoms with Crippen molar-refractivity contribution >= 4 is 5.91 Å². The summed E-state index contributed by atoms with van der Waals surface area (Å²) < 4.78 is 5.33. The molecular weight excluding hydrogens is 352 g/mol. The number of carbonyl (C=O) groups is 1. The normalized spacial score (nSPS) is 25.9. The molecule has 1 aromatic heterocycles. The highest BCUT2D eigenvalue weighted by molar-refractivity contribution is 5.91. The fourth-order valence-corrected chi connectivity index (χ4v) is 4.75. The van der Waals surface area contributed by atoms with E-state index in [1.54, 1.807) is 0 Å². The fourth-order valence-electron chi connectivity index (χ4n) is 4.75. The van der Waals surface area contributed by atoms with Gasteiger partial charge in [-0.25, -0.2) is 0 Å². The molecule has 2 saturated heterocycles. The molecule has 6 nitrogen and oxygen atoms in total. The first-order chi connectivity index (χ1) is 13.8. The largest absolute Gasteiger partial charge is 0.351 e. The van der Waals surface area contributed by atoms with Crippen LogP contribution in [0, 0.1) is 11.8 Å². The lowest BCUT2D eigenvalue weighted by atomic mass is 9.81. The summed E-state index contributed by atoms with van der Waals surface area (Å²) in [5, 5.41) is 4.08. The molecule has 3 heterocycles. The summed E-state index contributed by atoms with van der Waals surface area (Å²) in [6, 6.07) is 13.0. The van der Waals surface area contributed by atoms with Gasteiger partial charge in [-0.05, 0) is 49.5 Å². The van der Waals surface area contributed by atoms with Gasteiger partial charge in [0.15, 0.2) is 0 Å². The van der Waals surface area contributed by atoms with E-state index in [4.69, 9.17) is 4.52 Å². The average Bonchev–Trinajstić information content (AvgIpc) is 3.29. The Morgan fingerprint density at radius 1 is 1.14 bits per heavy atom. The molecule has 148 valence electrons. The number of hydrogen-bond donors (Lipinski definition) is 2. The van der Waals surface area contributed by atoms with Crippen molar-refractivity contribution in [3.63, 3.8) is 0 Å². The first kappa shape index (κ1) is 17.9. The molecule has 1 aromatic carbocycles. The van der Waals surface area contributed by atoms with Crippen molar-refractivity contribution in [2.24, 2.45) is 11.8 Å².